The zero-order valence-electron chi connectivity index (χ0n) is 20.3. The monoisotopic (exact) mass is 552 g/mol. The maximum Gasteiger partial charge on any atom is 0.405 e. The van der Waals surface area contributed by atoms with Gasteiger partial charge in [0.1, 0.15) is 40.1 Å². The van der Waals surface area contributed by atoms with E-state index in [1.165, 1.54) is 23.9 Å². The van der Waals surface area contributed by atoms with Crippen LogP contribution in [0.3, 0.4) is 0 Å². The predicted molar refractivity (Wildman–Crippen MR) is 132 cm³/mol. The minimum atomic E-state index is -4.65. The van der Waals surface area contributed by atoms with Crippen LogP contribution < -0.4 is 30.7 Å². The molecule has 0 fully saturated rings. The van der Waals surface area contributed by atoms with E-state index in [4.69, 9.17) is 9.47 Å². The normalized spacial score (nSPS) is 10.5. The van der Waals surface area contributed by atoms with Crippen molar-refractivity contribution >= 4 is 46.2 Å². The van der Waals surface area contributed by atoms with E-state index in [-0.39, 0.29) is 34.8 Å². The Kier molecular flexibility index (Phi) is 11.5. The predicted octanol–water partition coefficient (Wildman–Crippen LogP) is 0.439. The highest BCUT2D eigenvalue weighted by Gasteiger charge is 2.28. The molecule has 0 radical (unpaired) electrons. The fraction of sp³-hybridized carbons (Fsp3) is 0.348. The number of methoxy groups -OCH3 is 1. The number of carbonyl (C=O) groups is 2. The topological polar surface area (TPSA) is 147 Å². The highest BCUT2D eigenvalue weighted by molar-refractivity contribution is 7.07. The van der Waals surface area contributed by atoms with Crippen LogP contribution in [0.25, 0.3) is 11.5 Å². The molecule has 3 N–H and O–H groups in total. The molecule has 0 unspecified atom stereocenters. The lowest BCUT2D eigenvalue weighted by atomic mass is 10.3. The molecule has 0 spiro atoms. The Morgan fingerprint density at radius 3 is 2.66 bits per heavy atom. The SMILES string of the molecule is CCn1c(=C=C(C#N)C(=O)NCC(F)(F)F)sc(=C=CNc2cccc(NC(=O)COCCOC)n2)c1=O. The van der Waals surface area contributed by atoms with E-state index in [2.05, 4.69) is 27.1 Å². The van der Waals surface area contributed by atoms with Crippen molar-refractivity contribution < 1.29 is 32.2 Å². The lowest BCUT2D eigenvalue weighted by Gasteiger charge is -2.06. The van der Waals surface area contributed by atoms with Gasteiger partial charge in [-0.25, -0.2) is 4.98 Å². The second-order valence-electron chi connectivity index (χ2n) is 7.13. The molecule has 0 aliphatic carbocycles. The Bertz CT molecular complexity index is 1450. The summed E-state index contributed by atoms with van der Waals surface area (Å²) in [6.45, 7) is 0.609. The number of carbonyl (C=O) groups excluding carboxylic acids is 2. The van der Waals surface area contributed by atoms with E-state index >= 15 is 0 Å². The minimum Gasteiger partial charge on any atom is -0.382 e. The van der Waals surface area contributed by atoms with Gasteiger partial charge in [0.25, 0.3) is 17.4 Å². The van der Waals surface area contributed by atoms with Gasteiger partial charge in [0.2, 0.25) is 0 Å². The number of aromatic nitrogens is 2. The van der Waals surface area contributed by atoms with Crippen molar-refractivity contribution in [3.63, 3.8) is 0 Å². The van der Waals surface area contributed by atoms with Gasteiger partial charge < -0.3 is 25.4 Å². The van der Waals surface area contributed by atoms with Crippen molar-refractivity contribution in [1.29, 1.82) is 5.26 Å². The maximum absolute atomic E-state index is 12.7. The number of thiazole rings is 1. The first-order valence-corrected chi connectivity index (χ1v) is 11.7. The Morgan fingerprint density at radius 2 is 2.00 bits per heavy atom. The Balaban J connectivity index is 2.27. The molecule has 2 aromatic heterocycles. The fourth-order valence-corrected chi connectivity index (χ4v) is 3.62. The van der Waals surface area contributed by atoms with E-state index in [0.717, 1.165) is 11.3 Å². The molecule has 0 saturated heterocycles. The molecule has 0 aromatic carbocycles. The van der Waals surface area contributed by atoms with E-state index in [0.29, 0.717) is 12.4 Å². The number of halogens is 3. The van der Waals surface area contributed by atoms with Gasteiger partial charge in [-0.3, -0.25) is 19.0 Å². The molecule has 2 amide bonds. The lowest BCUT2D eigenvalue weighted by molar-refractivity contribution is -0.136. The highest BCUT2D eigenvalue weighted by atomic mass is 32.1. The number of nitriles is 1. The molecular weight excluding hydrogens is 529 g/mol. The number of amides is 2. The van der Waals surface area contributed by atoms with Crippen LogP contribution in [0.15, 0.2) is 34.8 Å². The van der Waals surface area contributed by atoms with Crippen LogP contribution in [0, 0.1) is 11.3 Å². The second kappa shape index (κ2) is 14.5. The van der Waals surface area contributed by atoms with Gasteiger partial charge in [-0.15, -0.1) is 0 Å². The van der Waals surface area contributed by atoms with Crippen molar-refractivity contribution in [3.8, 4) is 6.07 Å². The number of ether oxygens (including phenoxy) is 2. The second-order valence-corrected chi connectivity index (χ2v) is 8.13. The van der Waals surface area contributed by atoms with E-state index < -0.39 is 35.7 Å². The minimum absolute atomic E-state index is 0.0580. The summed E-state index contributed by atoms with van der Waals surface area (Å²) >= 11 is 0.836. The molecule has 15 heteroatoms. The van der Waals surface area contributed by atoms with Crippen molar-refractivity contribution in [1.82, 2.24) is 14.9 Å². The summed E-state index contributed by atoms with van der Waals surface area (Å²) in [5.74, 6) is -1.10. The number of anilines is 2. The molecule has 0 bridgehead atoms. The van der Waals surface area contributed by atoms with Crippen LogP contribution in [0.2, 0.25) is 0 Å². The summed E-state index contributed by atoms with van der Waals surface area (Å²) in [5.41, 5.74) is 3.93. The molecular formula is C23H23F3N6O5S. The number of hydrogen-bond acceptors (Lipinski definition) is 9. The third kappa shape index (κ3) is 9.70. The van der Waals surface area contributed by atoms with Gasteiger partial charge in [0.05, 0.1) is 13.2 Å². The summed E-state index contributed by atoms with van der Waals surface area (Å²) < 4.78 is 48.3. The van der Waals surface area contributed by atoms with Crippen LogP contribution >= 0.6 is 11.3 Å². The van der Waals surface area contributed by atoms with Crippen LogP contribution in [-0.2, 0) is 25.6 Å². The first kappa shape index (κ1) is 30.0. The van der Waals surface area contributed by atoms with Gasteiger partial charge in [0.15, 0.2) is 5.57 Å². The summed E-state index contributed by atoms with van der Waals surface area (Å²) in [6.07, 6.45) is -3.35. The zero-order valence-corrected chi connectivity index (χ0v) is 21.1. The molecule has 202 valence electrons. The first-order valence-electron chi connectivity index (χ1n) is 10.9. The number of rotatable bonds is 11. The molecule has 38 heavy (non-hydrogen) atoms. The third-order valence-corrected chi connectivity index (χ3v) is 5.34. The van der Waals surface area contributed by atoms with E-state index in [9.17, 15) is 32.8 Å². The summed E-state index contributed by atoms with van der Waals surface area (Å²) in [4.78, 5) is 40.7. The molecule has 0 saturated carbocycles. The summed E-state index contributed by atoms with van der Waals surface area (Å²) in [5, 5.41) is 16.2. The molecule has 2 heterocycles. The Hall–Kier alpha value is -4.18. The first-order chi connectivity index (χ1) is 18.1. The Labute approximate surface area is 218 Å². The lowest BCUT2D eigenvalue weighted by Crippen LogP contribution is -2.34. The van der Waals surface area contributed by atoms with Crippen LogP contribution in [0.4, 0.5) is 24.8 Å². The number of pyridine rings is 1. The molecule has 2 aromatic rings. The molecule has 0 atom stereocenters. The van der Waals surface area contributed by atoms with Crippen LogP contribution in [0.5, 0.6) is 0 Å². The smallest absolute Gasteiger partial charge is 0.382 e. The summed E-state index contributed by atoms with van der Waals surface area (Å²) in [7, 11) is 1.51. The van der Waals surface area contributed by atoms with Gasteiger partial charge >= 0.3 is 6.18 Å². The average Bonchev–Trinajstić information content (AvgIpc) is 3.17. The number of hydrogen-bond donors (Lipinski definition) is 3. The number of nitrogens with one attached hydrogen (secondary N) is 3. The van der Waals surface area contributed by atoms with Crippen LogP contribution in [0.1, 0.15) is 6.92 Å². The molecule has 11 nitrogen and oxygen atoms in total. The van der Waals surface area contributed by atoms with E-state index in [1.807, 2.05) is 0 Å². The summed E-state index contributed by atoms with van der Waals surface area (Å²) in [6, 6.07) is 6.29. The average molecular weight is 553 g/mol. The molecule has 2 rings (SSSR count). The molecule has 0 aliphatic heterocycles. The standard InChI is InChI=1S/C23H23F3N6O5S/c1-3-32-20(11-15(12-27)21(34)29-14-23(24,25)26)38-16(22(32)35)7-8-28-17-5-4-6-18(30-17)31-19(33)13-37-10-9-36-2/h4-6,8H,3,9-10,13-14H2,1-2H3,(H,29,34)(H2,28,30,31,33). The zero-order chi connectivity index (χ0) is 28.1. The third-order valence-electron chi connectivity index (χ3n) is 4.32. The van der Waals surface area contributed by atoms with Crippen LogP contribution in [-0.4, -0.2) is 61.0 Å². The van der Waals surface area contributed by atoms with Gasteiger partial charge in [-0.05, 0) is 19.1 Å². The van der Waals surface area contributed by atoms with Crippen molar-refractivity contribution in [2.45, 2.75) is 19.6 Å². The highest BCUT2D eigenvalue weighted by Crippen LogP contribution is 2.12. The Morgan fingerprint density at radius 1 is 1.26 bits per heavy atom. The van der Waals surface area contributed by atoms with Gasteiger partial charge in [-0.2, -0.15) is 18.4 Å². The van der Waals surface area contributed by atoms with Gasteiger partial charge in [-0.1, -0.05) is 28.9 Å². The van der Waals surface area contributed by atoms with Crippen molar-refractivity contribution in [2.75, 3.05) is 44.1 Å². The van der Waals surface area contributed by atoms with E-state index in [1.54, 1.807) is 30.4 Å². The fourth-order valence-electron chi connectivity index (χ4n) is 2.64. The largest absolute Gasteiger partial charge is 0.405 e. The number of nitrogens with zero attached hydrogens (tertiary/aromatic N) is 3. The maximum atomic E-state index is 12.7. The number of alkyl halides is 3. The van der Waals surface area contributed by atoms with Crippen molar-refractivity contribution in [3.05, 3.63) is 49.5 Å². The van der Waals surface area contributed by atoms with Gasteiger partial charge in [0, 0.05) is 19.9 Å². The molecule has 0 aliphatic rings. The van der Waals surface area contributed by atoms with Crippen molar-refractivity contribution in [2.24, 2.45) is 0 Å². The quantitative estimate of drug-likeness (QED) is 0.207.